The Bertz CT molecular complexity index is 670. The number of carbonyl (C=O) groups is 1. The first-order valence-corrected chi connectivity index (χ1v) is 5.86. The number of carbonyl (C=O) groups excluding carboxylic acids is 1. The van der Waals surface area contributed by atoms with Crippen LogP contribution in [0.1, 0.15) is 15.9 Å². The first-order chi connectivity index (χ1) is 9.49. The molecule has 0 aliphatic carbocycles. The molecule has 1 aromatic heterocycles. The molecule has 0 atom stereocenters. The Morgan fingerprint density at radius 1 is 1.55 bits per heavy atom. The van der Waals surface area contributed by atoms with Crippen LogP contribution in [0.2, 0.25) is 5.02 Å². The van der Waals surface area contributed by atoms with Gasteiger partial charge >= 0.3 is 0 Å². The van der Waals surface area contributed by atoms with E-state index in [0.29, 0.717) is 11.4 Å². The van der Waals surface area contributed by atoms with Gasteiger partial charge in [-0.3, -0.25) is 20.0 Å². The fraction of sp³-hybridized carbons (Fsp3) is 0.0909. The highest BCUT2D eigenvalue weighted by atomic mass is 35.5. The summed E-state index contributed by atoms with van der Waals surface area (Å²) in [6, 6.07) is 3.84. The second kappa shape index (κ2) is 5.57. The van der Waals surface area contributed by atoms with Crippen LogP contribution in [-0.2, 0) is 6.54 Å². The molecule has 0 aliphatic heterocycles. The van der Waals surface area contributed by atoms with Gasteiger partial charge in [0.05, 0.1) is 11.1 Å². The largest absolute Gasteiger partial charge is 0.384 e. The van der Waals surface area contributed by atoms with Gasteiger partial charge in [0.2, 0.25) is 0 Å². The molecule has 1 aromatic carbocycles. The summed E-state index contributed by atoms with van der Waals surface area (Å²) < 4.78 is 0. The number of halogens is 1. The minimum absolute atomic E-state index is 0.0681. The summed E-state index contributed by atoms with van der Waals surface area (Å²) >= 11 is 5.68. The lowest BCUT2D eigenvalue weighted by molar-refractivity contribution is -0.385. The first kappa shape index (κ1) is 13.8. The quantitative estimate of drug-likeness (QED) is 0.581. The summed E-state index contributed by atoms with van der Waals surface area (Å²) in [5.74, 6) is -0.259. The van der Waals surface area contributed by atoms with Crippen molar-refractivity contribution in [1.29, 1.82) is 0 Å². The molecule has 20 heavy (non-hydrogen) atoms. The Hall–Kier alpha value is -2.61. The monoisotopic (exact) mass is 295 g/mol. The summed E-state index contributed by atoms with van der Waals surface area (Å²) in [6.45, 7) is 0.112. The van der Waals surface area contributed by atoms with Crippen LogP contribution in [0.25, 0.3) is 0 Å². The van der Waals surface area contributed by atoms with E-state index in [1.54, 1.807) is 0 Å². The number of rotatable bonds is 4. The van der Waals surface area contributed by atoms with Crippen molar-refractivity contribution in [3.8, 4) is 0 Å². The molecule has 104 valence electrons. The zero-order valence-corrected chi connectivity index (χ0v) is 10.8. The van der Waals surface area contributed by atoms with Crippen LogP contribution < -0.4 is 11.1 Å². The lowest BCUT2D eigenvalue weighted by atomic mass is 10.1. The van der Waals surface area contributed by atoms with Gasteiger partial charge in [0.25, 0.3) is 11.6 Å². The van der Waals surface area contributed by atoms with Crippen LogP contribution in [0.4, 0.5) is 11.5 Å². The van der Waals surface area contributed by atoms with Crippen molar-refractivity contribution < 1.29 is 9.72 Å². The average molecular weight is 296 g/mol. The predicted molar refractivity (Wildman–Crippen MR) is 72.3 cm³/mol. The van der Waals surface area contributed by atoms with E-state index in [1.165, 1.54) is 18.3 Å². The highest BCUT2D eigenvalue weighted by molar-refractivity contribution is 6.31. The third-order valence-corrected chi connectivity index (χ3v) is 2.83. The Labute approximate surface area is 118 Å². The number of anilines is 1. The molecule has 0 fully saturated rings. The van der Waals surface area contributed by atoms with Gasteiger partial charge in [-0.2, -0.15) is 5.10 Å². The van der Waals surface area contributed by atoms with E-state index >= 15 is 0 Å². The van der Waals surface area contributed by atoms with Crippen LogP contribution in [-0.4, -0.2) is 21.0 Å². The molecule has 2 rings (SSSR count). The van der Waals surface area contributed by atoms with Gasteiger partial charge in [0, 0.05) is 23.2 Å². The fourth-order valence-electron chi connectivity index (χ4n) is 1.58. The number of aromatic nitrogens is 2. The number of nitrogens with one attached hydrogen (secondary N) is 2. The fourth-order valence-corrected chi connectivity index (χ4v) is 1.75. The number of benzene rings is 1. The van der Waals surface area contributed by atoms with Crippen molar-refractivity contribution in [3.05, 3.63) is 50.7 Å². The molecule has 0 aliphatic rings. The summed E-state index contributed by atoms with van der Waals surface area (Å²) in [4.78, 5) is 22.2. The number of amides is 1. The standard InChI is InChI=1S/C11H10ClN5O3/c12-7-1-2-8(9(3-7)17(19)20)11(18)14-4-6-5-15-16-10(6)13/h1-3,5H,4H2,(H,14,18)(H3,13,15,16). The molecular weight excluding hydrogens is 286 g/mol. The maximum atomic E-state index is 12.0. The molecule has 1 amide bonds. The third kappa shape index (κ3) is 2.86. The van der Waals surface area contributed by atoms with Gasteiger partial charge in [0.15, 0.2) is 0 Å². The maximum absolute atomic E-state index is 12.0. The summed E-state index contributed by atoms with van der Waals surface area (Å²) in [6.07, 6.45) is 1.46. The topological polar surface area (TPSA) is 127 Å². The number of H-pyrrole nitrogens is 1. The van der Waals surface area contributed by atoms with Crippen molar-refractivity contribution in [3.63, 3.8) is 0 Å². The minimum Gasteiger partial charge on any atom is -0.384 e. The van der Waals surface area contributed by atoms with E-state index in [9.17, 15) is 14.9 Å². The zero-order valence-electron chi connectivity index (χ0n) is 10.1. The normalized spacial score (nSPS) is 10.2. The van der Waals surface area contributed by atoms with E-state index in [-0.39, 0.29) is 22.8 Å². The van der Waals surface area contributed by atoms with E-state index in [4.69, 9.17) is 17.3 Å². The van der Waals surface area contributed by atoms with Crippen molar-refractivity contribution in [2.45, 2.75) is 6.54 Å². The van der Waals surface area contributed by atoms with E-state index in [0.717, 1.165) is 6.07 Å². The number of nitrogens with zero attached hydrogens (tertiary/aromatic N) is 2. The molecule has 0 spiro atoms. The number of nitro benzene ring substituents is 1. The summed E-state index contributed by atoms with van der Waals surface area (Å²) in [5.41, 5.74) is 5.74. The van der Waals surface area contributed by atoms with Gasteiger partial charge in [-0.05, 0) is 12.1 Å². The Kier molecular flexibility index (Phi) is 3.85. The van der Waals surface area contributed by atoms with E-state index in [2.05, 4.69) is 15.5 Å². The van der Waals surface area contributed by atoms with Crippen molar-refractivity contribution in [2.24, 2.45) is 0 Å². The van der Waals surface area contributed by atoms with Gasteiger partial charge in [0.1, 0.15) is 11.4 Å². The van der Waals surface area contributed by atoms with Crippen molar-refractivity contribution in [1.82, 2.24) is 15.5 Å². The molecule has 4 N–H and O–H groups in total. The maximum Gasteiger partial charge on any atom is 0.283 e. The number of nitro groups is 1. The first-order valence-electron chi connectivity index (χ1n) is 5.49. The second-order valence-corrected chi connectivity index (χ2v) is 4.35. The van der Waals surface area contributed by atoms with Crippen molar-refractivity contribution >= 4 is 29.0 Å². The average Bonchev–Trinajstić information content (AvgIpc) is 2.81. The number of hydrogen-bond acceptors (Lipinski definition) is 5. The molecule has 0 unspecified atom stereocenters. The number of aromatic amines is 1. The van der Waals surface area contributed by atoms with Gasteiger partial charge in [-0.25, -0.2) is 0 Å². The SMILES string of the molecule is Nc1[nH]ncc1CNC(=O)c1ccc(Cl)cc1[N+](=O)[O-]. The summed E-state index contributed by atoms with van der Waals surface area (Å²) in [5, 5.41) is 19.8. The minimum atomic E-state index is -0.660. The Morgan fingerprint density at radius 2 is 2.30 bits per heavy atom. The summed E-state index contributed by atoms with van der Waals surface area (Å²) in [7, 11) is 0. The van der Waals surface area contributed by atoms with Gasteiger partial charge < -0.3 is 11.1 Å². The molecule has 8 nitrogen and oxygen atoms in total. The predicted octanol–water partition coefficient (Wildman–Crippen LogP) is 1.48. The highest BCUT2D eigenvalue weighted by Crippen LogP contribution is 2.23. The molecule has 0 saturated heterocycles. The molecule has 9 heteroatoms. The van der Waals surface area contributed by atoms with Crippen LogP contribution >= 0.6 is 11.6 Å². The molecular formula is C11H10ClN5O3. The third-order valence-electron chi connectivity index (χ3n) is 2.59. The molecule has 0 bridgehead atoms. The second-order valence-electron chi connectivity index (χ2n) is 3.91. The van der Waals surface area contributed by atoms with E-state index < -0.39 is 10.8 Å². The van der Waals surface area contributed by atoms with Crippen molar-refractivity contribution in [2.75, 3.05) is 5.73 Å². The zero-order chi connectivity index (χ0) is 14.7. The lowest BCUT2D eigenvalue weighted by Gasteiger charge is -2.05. The number of nitrogen functional groups attached to an aromatic ring is 1. The van der Waals surface area contributed by atoms with Crippen LogP contribution in [0.5, 0.6) is 0 Å². The Morgan fingerprint density at radius 3 is 2.90 bits per heavy atom. The molecule has 0 radical (unpaired) electrons. The van der Waals surface area contributed by atoms with Gasteiger partial charge in [-0.15, -0.1) is 0 Å². The molecule has 0 saturated carbocycles. The lowest BCUT2D eigenvalue weighted by Crippen LogP contribution is -2.23. The van der Waals surface area contributed by atoms with E-state index in [1.807, 2.05) is 0 Å². The molecule has 1 heterocycles. The highest BCUT2D eigenvalue weighted by Gasteiger charge is 2.20. The van der Waals surface area contributed by atoms with Crippen LogP contribution in [0.3, 0.4) is 0 Å². The van der Waals surface area contributed by atoms with Crippen LogP contribution in [0.15, 0.2) is 24.4 Å². The molecule has 2 aromatic rings. The van der Waals surface area contributed by atoms with Crippen LogP contribution in [0, 0.1) is 10.1 Å². The Balaban J connectivity index is 2.17. The number of nitrogens with two attached hydrogens (primary N) is 1. The van der Waals surface area contributed by atoms with Gasteiger partial charge in [-0.1, -0.05) is 11.6 Å². The number of hydrogen-bond donors (Lipinski definition) is 3. The smallest absolute Gasteiger partial charge is 0.283 e.